The van der Waals surface area contributed by atoms with Gasteiger partial charge in [0, 0.05) is 26.0 Å². The Labute approximate surface area is 119 Å². The van der Waals surface area contributed by atoms with Crippen LogP contribution in [0.1, 0.15) is 12.0 Å². The van der Waals surface area contributed by atoms with E-state index < -0.39 is 5.97 Å². The number of carboxylic acids is 1. The van der Waals surface area contributed by atoms with E-state index in [-0.39, 0.29) is 18.9 Å². The molecule has 0 spiro atoms. The molecule has 0 saturated carbocycles. The zero-order valence-electron chi connectivity index (χ0n) is 10.2. The van der Waals surface area contributed by atoms with Crippen molar-refractivity contribution >= 4 is 46.3 Å². The molecule has 1 aromatic rings. The molecule has 2 rings (SSSR count). The van der Waals surface area contributed by atoms with E-state index in [4.69, 9.17) is 17.3 Å². The average Bonchev–Trinajstić information content (AvgIpc) is 2.83. The van der Waals surface area contributed by atoms with Gasteiger partial charge in [-0.15, -0.1) is 0 Å². The molecule has 0 aromatic carbocycles. The number of hydrogen-bond donors (Lipinski definition) is 1. The molecule has 1 fully saturated rings. The van der Waals surface area contributed by atoms with Crippen LogP contribution in [-0.2, 0) is 16.6 Å². The third-order valence-corrected chi connectivity index (χ3v) is 3.95. The van der Waals surface area contributed by atoms with Gasteiger partial charge in [0.05, 0.1) is 11.3 Å². The fraction of sp³-hybridized carbons (Fsp3) is 0.250. The van der Waals surface area contributed by atoms with Crippen molar-refractivity contribution in [2.24, 2.45) is 7.05 Å². The number of carbonyl (C=O) groups excluding carboxylic acids is 1. The molecule has 100 valence electrons. The largest absolute Gasteiger partial charge is 0.481 e. The Bertz CT molecular complexity index is 577. The molecule has 0 unspecified atom stereocenters. The quantitative estimate of drug-likeness (QED) is 0.677. The second-order valence-corrected chi connectivity index (χ2v) is 5.76. The summed E-state index contributed by atoms with van der Waals surface area (Å²) < 4.78 is 2.30. The number of aryl methyl sites for hydroxylation is 1. The molecule has 0 atom stereocenters. The van der Waals surface area contributed by atoms with Crippen LogP contribution in [0.3, 0.4) is 0 Å². The monoisotopic (exact) mass is 296 g/mol. The molecule has 19 heavy (non-hydrogen) atoms. The Morgan fingerprint density at radius 2 is 2.32 bits per heavy atom. The standard InChI is InChI=1S/C12H12N2O3S2/c1-13-4-2-8(7-13)6-9-11(17)14(12(18)19-9)5-3-10(15)16/h2,4,6-7H,3,5H2,1H3,(H,15,16)/b9-6+. The van der Waals surface area contributed by atoms with Gasteiger partial charge in [0.25, 0.3) is 5.91 Å². The van der Waals surface area contributed by atoms with Gasteiger partial charge in [0.1, 0.15) is 4.32 Å². The average molecular weight is 296 g/mol. The van der Waals surface area contributed by atoms with Crippen molar-refractivity contribution in [3.8, 4) is 0 Å². The maximum atomic E-state index is 12.1. The van der Waals surface area contributed by atoms with Gasteiger partial charge in [-0.3, -0.25) is 14.5 Å². The summed E-state index contributed by atoms with van der Waals surface area (Å²) in [5, 5.41) is 8.64. The van der Waals surface area contributed by atoms with Gasteiger partial charge >= 0.3 is 5.97 Å². The summed E-state index contributed by atoms with van der Waals surface area (Å²) in [6, 6.07) is 1.89. The van der Waals surface area contributed by atoms with Crippen LogP contribution in [0, 0.1) is 0 Å². The Morgan fingerprint density at radius 3 is 2.89 bits per heavy atom. The number of carbonyl (C=O) groups is 2. The number of nitrogens with zero attached hydrogens (tertiary/aromatic N) is 2. The number of hydrogen-bond acceptors (Lipinski definition) is 4. The van der Waals surface area contributed by atoms with Gasteiger partial charge in [-0.1, -0.05) is 24.0 Å². The summed E-state index contributed by atoms with van der Waals surface area (Å²) in [5.41, 5.74) is 0.918. The lowest BCUT2D eigenvalue weighted by Gasteiger charge is -2.12. The van der Waals surface area contributed by atoms with Crippen molar-refractivity contribution in [3.05, 3.63) is 28.9 Å². The first-order valence-corrected chi connectivity index (χ1v) is 6.79. The summed E-state index contributed by atoms with van der Waals surface area (Å²) in [5.74, 6) is -1.17. The SMILES string of the molecule is Cn1ccc(/C=C2/SC(=S)N(CCC(=O)O)C2=O)c1. The van der Waals surface area contributed by atoms with Crippen LogP contribution in [0.4, 0.5) is 0 Å². The molecule has 7 heteroatoms. The van der Waals surface area contributed by atoms with E-state index >= 15 is 0 Å². The maximum absolute atomic E-state index is 12.1. The smallest absolute Gasteiger partial charge is 0.305 e. The van der Waals surface area contributed by atoms with E-state index in [1.165, 1.54) is 16.7 Å². The number of aromatic nitrogens is 1. The van der Waals surface area contributed by atoms with Crippen LogP contribution in [0.15, 0.2) is 23.4 Å². The molecule has 5 nitrogen and oxygen atoms in total. The molecule has 0 aliphatic carbocycles. The molecular weight excluding hydrogens is 284 g/mol. The highest BCUT2D eigenvalue weighted by molar-refractivity contribution is 8.26. The highest BCUT2D eigenvalue weighted by Crippen LogP contribution is 2.32. The lowest BCUT2D eigenvalue weighted by molar-refractivity contribution is -0.137. The van der Waals surface area contributed by atoms with Crippen molar-refractivity contribution in [3.63, 3.8) is 0 Å². The topological polar surface area (TPSA) is 62.5 Å². The summed E-state index contributed by atoms with van der Waals surface area (Å²) in [4.78, 5) is 24.5. The Hall–Kier alpha value is -1.60. The summed E-state index contributed by atoms with van der Waals surface area (Å²) >= 11 is 6.30. The Balaban J connectivity index is 2.13. The van der Waals surface area contributed by atoms with E-state index in [1.54, 1.807) is 6.08 Å². The highest BCUT2D eigenvalue weighted by atomic mass is 32.2. The first-order valence-electron chi connectivity index (χ1n) is 5.56. The first kappa shape index (κ1) is 13.8. The van der Waals surface area contributed by atoms with Gasteiger partial charge in [-0.05, 0) is 17.7 Å². The van der Waals surface area contributed by atoms with Crippen molar-refractivity contribution in [2.75, 3.05) is 6.54 Å². The summed E-state index contributed by atoms with van der Waals surface area (Å²) in [6.45, 7) is 0.117. The van der Waals surface area contributed by atoms with E-state index in [9.17, 15) is 9.59 Å². The lowest BCUT2D eigenvalue weighted by Crippen LogP contribution is -2.30. The van der Waals surface area contributed by atoms with Gasteiger partial charge in [0.15, 0.2) is 0 Å². The van der Waals surface area contributed by atoms with E-state index in [1.807, 2.05) is 30.1 Å². The van der Waals surface area contributed by atoms with Gasteiger partial charge in [0.2, 0.25) is 0 Å². The number of carboxylic acid groups (broad SMARTS) is 1. The van der Waals surface area contributed by atoms with Gasteiger partial charge in [-0.2, -0.15) is 0 Å². The molecule has 2 heterocycles. The van der Waals surface area contributed by atoms with Crippen molar-refractivity contribution in [1.82, 2.24) is 9.47 Å². The fourth-order valence-electron chi connectivity index (χ4n) is 1.66. The van der Waals surface area contributed by atoms with E-state index in [2.05, 4.69) is 0 Å². The minimum Gasteiger partial charge on any atom is -0.481 e. The van der Waals surface area contributed by atoms with Crippen molar-refractivity contribution < 1.29 is 14.7 Å². The number of thioether (sulfide) groups is 1. The molecule has 0 bridgehead atoms. The molecule has 1 aliphatic heterocycles. The lowest BCUT2D eigenvalue weighted by atomic mass is 10.3. The second kappa shape index (κ2) is 5.58. The first-order chi connectivity index (χ1) is 8.97. The van der Waals surface area contributed by atoms with E-state index in [0.29, 0.717) is 9.23 Å². The van der Waals surface area contributed by atoms with Crippen molar-refractivity contribution in [2.45, 2.75) is 6.42 Å². The summed E-state index contributed by atoms with van der Waals surface area (Å²) in [7, 11) is 1.90. The van der Waals surface area contributed by atoms with Crippen LogP contribution >= 0.6 is 24.0 Å². The van der Waals surface area contributed by atoms with Crippen LogP contribution in [0.25, 0.3) is 6.08 Å². The number of thiocarbonyl (C=S) groups is 1. The van der Waals surface area contributed by atoms with Crippen molar-refractivity contribution in [1.29, 1.82) is 0 Å². The third kappa shape index (κ3) is 3.24. The molecule has 1 saturated heterocycles. The minimum atomic E-state index is -0.943. The highest BCUT2D eigenvalue weighted by Gasteiger charge is 2.31. The summed E-state index contributed by atoms with van der Waals surface area (Å²) in [6.07, 6.45) is 5.44. The molecular formula is C12H12N2O3S2. The molecule has 1 aliphatic rings. The van der Waals surface area contributed by atoms with E-state index in [0.717, 1.165) is 5.56 Å². The maximum Gasteiger partial charge on any atom is 0.305 e. The van der Waals surface area contributed by atoms with Crippen LogP contribution in [0.2, 0.25) is 0 Å². The van der Waals surface area contributed by atoms with Crippen LogP contribution < -0.4 is 0 Å². The normalized spacial score (nSPS) is 17.5. The molecule has 0 radical (unpaired) electrons. The fourth-order valence-corrected chi connectivity index (χ4v) is 2.97. The Kier molecular flexibility index (Phi) is 4.06. The van der Waals surface area contributed by atoms with Crippen LogP contribution in [0.5, 0.6) is 0 Å². The molecule has 1 N–H and O–H groups in total. The van der Waals surface area contributed by atoms with Gasteiger partial charge in [-0.25, -0.2) is 0 Å². The second-order valence-electron chi connectivity index (χ2n) is 4.09. The Morgan fingerprint density at radius 1 is 1.58 bits per heavy atom. The zero-order chi connectivity index (χ0) is 14.0. The van der Waals surface area contributed by atoms with Gasteiger partial charge < -0.3 is 9.67 Å². The molecule has 1 aromatic heterocycles. The molecule has 1 amide bonds. The number of amides is 1. The number of aliphatic carboxylic acids is 1. The third-order valence-electron chi connectivity index (χ3n) is 2.58. The zero-order valence-corrected chi connectivity index (χ0v) is 11.8. The van der Waals surface area contributed by atoms with Crippen LogP contribution in [-0.4, -0.2) is 37.3 Å². The number of rotatable bonds is 4. The predicted octanol–water partition coefficient (Wildman–Crippen LogP) is 1.70. The minimum absolute atomic E-state index is 0.106. The predicted molar refractivity (Wildman–Crippen MR) is 77.5 cm³/mol.